The molecule has 0 aliphatic rings. The first-order valence-electron chi connectivity index (χ1n) is 9.70. The van der Waals surface area contributed by atoms with Crippen LogP contribution in [0.4, 0.5) is 4.39 Å². The summed E-state index contributed by atoms with van der Waals surface area (Å²) in [5.74, 6) is -1.34. The molecule has 0 spiro atoms. The molecule has 0 aliphatic carbocycles. The average Bonchev–Trinajstić information content (AvgIpc) is 3.06. The third-order valence-electron chi connectivity index (χ3n) is 4.70. The lowest BCUT2D eigenvalue weighted by molar-refractivity contribution is -0.138. The minimum absolute atomic E-state index is 0.0192. The van der Waals surface area contributed by atoms with Crippen LogP contribution < -0.4 is 0 Å². The van der Waals surface area contributed by atoms with E-state index in [1.54, 1.807) is 24.0 Å². The van der Waals surface area contributed by atoms with Crippen LogP contribution in [0.3, 0.4) is 0 Å². The number of ether oxygens (including phenoxy) is 1. The van der Waals surface area contributed by atoms with E-state index in [4.69, 9.17) is 9.26 Å². The molecule has 0 aliphatic heterocycles. The van der Waals surface area contributed by atoms with E-state index < -0.39 is 5.97 Å². The summed E-state index contributed by atoms with van der Waals surface area (Å²) in [5.41, 5.74) is 1.84. The Labute approximate surface area is 173 Å². The van der Waals surface area contributed by atoms with E-state index in [0.717, 1.165) is 0 Å². The summed E-state index contributed by atoms with van der Waals surface area (Å²) in [7, 11) is 0. The van der Waals surface area contributed by atoms with E-state index in [9.17, 15) is 14.0 Å². The van der Waals surface area contributed by atoms with Gasteiger partial charge in [-0.15, -0.1) is 0 Å². The number of hydrogen-bond donors (Lipinski definition) is 0. The fourth-order valence-electron chi connectivity index (χ4n) is 3.48. The van der Waals surface area contributed by atoms with E-state index in [0.29, 0.717) is 22.3 Å². The quantitative estimate of drug-likeness (QED) is 0.565. The van der Waals surface area contributed by atoms with Gasteiger partial charge in [0, 0.05) is 17.6 Å². The Kier molecular flexibility index (Phi) is 6.14. The largest absolute Gasteiger partial charge is 0.452 e. The fraction of sp³-hybridized carbons (Fsp3) is 0.364. The summed E-state index contributed by atoms with van der Waals surface area (Å²) in [6.07, 6.45) is 0. The van der Waals surface area contributed by atoms with Crippen LogP contribution in [0, 0.1) is 12.7 Å². The number of carbonyl (C=O) groups excluding carboxylic acids is 2. The summed E-state index contributed by atoms with van der Waals surface area (Å²) < 4.78 is 23.8. The van der Waals surface area contributed by atoms with Crippen molar-refractivity contribution >= 4 is 23.0 Å². The highest BCUT2D eigenvalue weighted by Crippen LogP contribution is 2.27. The van der Waals surface area contributed by atoms with Crippen LogP contribution in [-0.4, -0.2) is 45.6 Å². The van der Waals surface area contributed by atoms with Crippen LogP contribution in [0.2, 0.25) is 0 Å². The molecule has 3 aromatic rings. The molecule has 1 aromatic carbocycles. The minimum Gasteiger partial charge on any atom is -0.452 e. The Morgan fingerprint density at radius 2 is 1.77 bits per heavy atom. The highest BCUT2D eigenvalue weighted by Gasteiger charge is 2.24. The topological polar surface area (TPSA) is 85.5 Å². The maximum atomic E-state index is 13.3. The normalized spacial score (nSPS) is 11.3. The van der Waals surface area contributed by atoms with Gasteiger partial charge in [0.1, 0.15) is 5.82 Å². The van der Waals surface area contributed by atoms with Crippen LogP contribution in [-0.2, 0) is 9.53 Å². The van der Waals surface area contributed by atoms with Gasteiger partial charge in [-0.05, 0) is 65.0 Å². The Balaban J connectivity index is 1.92. The maximum absolute atomic E-state index is 13.3. The molecular weight excluding hydrogens is 389 g/mol. The molecule has 7 nitrogen and oxygen atoms in total. The number of aromatic nitrogens is 2. The van der Waals surface area contributed by atoms with Crippen LogP contribution in [0.25, 0.3) is 22.4 Å². The fourth-order valence-corrected chi connectivity index (χ4v) is 3.48. The van der Waals surface area contributed by atoms with Crippen molar-refractivity contribution in [1.82, 2.24) is 15.0 Å². The predicted octanol–water partition coefficient (Wildman–Crippen LogP) is 4.14. The van der Waals surface area contributed by atoms with Gasteiger partial charge in [-0.2, -0.15) is 0 Å². The van der Waals surface area contributed by atoms with Crippen LogP contribution >= 0.6 is 0 Å². The molecule has 3 rings (SSSR count). The number of esters is 1. The predicted molar refractivity (Wildman–Crippen MR) is 109 cm³/mol. The summed E-state index contributed by atoms with van der Waals surface area (Å²) in [6.45, 7) is 8.92. The highest BCUT2D eigenvalue weighted by atomic mass is 19.1. The van der Waals surface area contributed by atoms with Crippen molar-refractivity contribution in [3.63, 3.8) is 0 Å². The van der Waals surface area contributed by atoms with Gasteiger partial charge >= 0.3 is 5.97 Å². The number of pyridine rings is 1. The monoisotopic (exact) mass is 413 g/mol. The molecule has 158 valence electrons. The zero-order valence-corrected chi connectivity index (χ0v) is 17.6. The number of rotatable bonds is 6. The van der Waals surface area contributed by atoms with Crippen molar-refractivity contribution in [3.05, 3.63) is 47.4 Å². The zero-order chi connectivity index (χ0) is 22.0. The minimum atomic E-state index is -0.683. The van der Waals surface area contributed by atoms with Gasteiger partial charge in [0.05, 0.1) is 22.3 Å². The molecule has 0 bridgehead atoms. The van der Waals surface area contributed by atoms with Crippen molar-refractivity contribution in [1.29, 1.82) is 0 Å². The molecule has 30 heavy (non-hydrogen) atoms. The number of hydrogen-bond acceptors (Lipinski definition) is 6. The van der Waals surface area contributed by atoms with Crippen LogP contribution in [0.1, 0.15) is 43.7 Å². The number of benzene rings is 1. The molecule has 0 atom stereocenters. The summed E-state index contributed by atoms with van der Waals surface area (Å²) in [5, 5.41) is 4.30. The summed E-state index contributed by atoms with van der Waals surface area (Å²) in [6, 6.07) is 7.20. The van der Waals surface area contributed by atoms with E-state index >= 15 is 0 Å². The highest BCUT2D eigenvalue weighted by molar-refractivity contribution is 6.04. The van der Waals surface area contributed by atoms with Gasteiger partial charge in [0.2, 0.25) is 0 Å². The lowest BCUT2D eigenvalue weighted by Gasteiger charge is -2.30. The first-order valence-corrected chi connectivity index (χ1v) is 9.70. The molecule has 0 saturated carbocycles. The van der Waals surface area contributed by atoms with Gasteiger partial charge in [-0.25, -0.2) is 14.2 Å². The first-order chi connectivity index (χ1) is 14.2. The Bertz CT molecular complexity index is 1070. The maximum Gasteiger partial charge on any atom is 0.339 e. The Hall–Kier alpha value is -3.29. The van der Waals surface area contributed by atoms with Crippen molar-refractivity contribution in [2.75, 3.05) is 6.61 Å². The van der Waals surface area contributed by atoms with Gasteiger partial charge < -0.3 is 14.2 Å². The number of halogens is 1. The first kappa shape index (κ1) is 21.4. The molecule has 0 fully saturated rings. The molecule has 1 amide bonds. The molecule has 0 radical (unpaired) electrons. The van der Waals surface area contributed by atoms with Crippen molar-refractivity contribution in [2.45, 2.75) is 46.7 Å². The molecule has 0 unspecified atom stereocenters. The van der Waals surface area contributed by atoms with Gasteiger partial charge in [-0.3, -0.25) is 4.79 Å². The van der Waals surface area contributed by atoms with E-state index in [-0.39, 0.29) is 41.7 Å². The standard InChI is InChI=1S/C22H24FN3O4/c1-12(2)26(13(3)4)19(27)11-29-22(28)17-10-18(15-6-8-16(23)9-7-15)24-21-20(17)14(5)25-30-21/h6-10,12-13H,11H2,1-5H3. The van der Waals surface area contributed by atoms with Crippen molar-refractivity contribution < 1.29 is 23.2 Å². The second-order valence-electron chi connectivity index (χ2n) is 7.57. The Morgan fingerprint density at radius 3 is 2.37 bits per heavy atom. The SMILES string of the molecule is Cc1noc2nc(-c3ccc(F)cc3)cc(C(=O)OCC(=O)N(C(C)C)C(C)C)c12. The van der Waals surface area contributed by atoms with Crippen LogP contribution in [0.5, 0.6) is 0 Å². The molecular formula is C22H24FN3O4. The molecule has 8 heteroatoms. The van der Waals surface area contributed by atoms with Crippen molar-refractivity contribution in [2.24, 2.45) is 0 Å². The molecule has 0 N–H and O–H groups in total. The van der Waals surface area contributed by atoms with Crippen molar-refractivity contribution in [3.8, 4) is 11.3 Å². The second kappa shape index (κ2) is 8.61. The molecule has 2 heterocycles. The zero-order valence-electron chi connectivity index (χ0n) is 17.6. The summed E-state index contributed by atoms with van der Waals surface area (Å²) >= 11 is 0. The lowest BCUT2D eigenvalue weighted by atomic mass is 10.1. The van der Waals surface area contributed by atoms with Gasteiger partial charge in [-0.1, -0.05) is 5.16 Å². The second-order valence-corrected chi connectivity index (χ2v) is 7.57. The van der Waals surface area contributed by atoms with E-state index in [2.05, 4.69) is 10.1 Å². The smallest absolute Gasteiger partial charge is 0.339 e. The number of nitrogens with zero attached hydrogens (tertiary/aromatic N) is 3. The number of fused-ring (bicyclic) bond motifs is 1. The lowest BCUT2D eigenvalue weighted by Crippen LogP contribution is -2.44. The third kappa shape index (κ3) is 4.32. The number of carbonyl (C=O) groups is 2. The number of amides is 1. The third-order valence-corrected chi connectivity index (χ3v) is 4.70. The van der Waals surface area contributed by atoms with Gasteiger partial charge in [0.25, 0.3) is 11.6 Å². The number of aryl methyl sites for hydroxylation is 1. The van der Waals surface area contributed by atoms with Crippen LogP contribution in [0.15, 0.2) is 34.9 Å². The van der Waals surface area contributed by atoms with E-state index in [1.165, 1.54) is 18.2 Å². The molecule has 2 aromatic heterocycles. The molecule has 0 saturated heterocycles. The van der Waals surface area contributed by atoms with Gasteiger partial charge in [0.15, 0.2) is 6.61 Å². The Morgan fingerprint density at radius 1 is 1.13 bits per heavy atom. The van der Waals surface area contributed by atoms with E-state index in [1.807, 2.05) is 27.7 Å². The summed E-state index contributed by atoms with van der Waals surface area (Å²) in [4.78, 5) is 31.4. The average molecular weight is 413 g/mol.